The molecule has 1 aliphatic carbocycles. The average Bonchev–Trinajstić information content (AvgIpc) is 2.95. The van der Waals surface area contributed by atoms with E-state index < -0.39 is 0 Å². The molecule has 1 amide bonds. The largest absolute Gasteiger partial charge is 0.493 e. The number of methoxy groups -OCH3 is 2. The van der Waals surface area contributed by atoms with Gasteiger partial charge in [-0.25, -0.2) is 9.97 Å². The van der Waals surface area contributed by atoms with E-state index in [4.69, 9.17) is 19.4 Å². The number of nitrogens with zero attached hydrogens (tertiary/aromatic N) is 4. The zero-order chi connectivity index (χ0) is 24.9. The molecule has 0 unspecified atom stereocenters. The number of carbonyl (C=O) groups excluding carboxylic acids is 1. The van der Waals surface area contributed by atoms with E-state index in [0.29, 0.717) is 36.9 Å². The third-order valence-electron chi connectivity index (χ3n) is 7.57. The molecule has 1 saturated heterocycles. The van der Waals surface area contributed by atoms with Crippen molar-refractivity contribution in [2.75, 3.05) is 45.3 Å². The van der Waals surface area contributed by atoms with Crippen LogP contribution in [-0.4, -0.2) is 61.2 Å². The minimum absolute atomic E-state index is 0.223. The topological polar surface area (TPSA) is 67.8 Å². The Balaban J connectivity index is 1.36. The minimum Gasteiger partial charge on any atom is -0.493 e. The van der Waals surface area contributed by atoms with Gasteiger partial charge in [0.2, 0.25) is 5.91 Å². The van der Waals surface area contributed by atoms with Crippen molar-refractivity contribution in [1.82, 2.24) is 14.9 Å². The van der Waals surface area contributed by atoms with Gasteiger partial charge >= 0.3 is 0 Å². The molecule has 0 N–H and O–H groups in total. The zero-order valence-corrected chi connectivity index (χ0v) is 21.4. The van der Waals surface area contributed by atoms with Gasteiger partial charge in [0.05, 0.1) is 19.7 Å². The highest BCUT2D eigenvalue weighted by Gasteiger charge is 2.26. The highest BCUT2D eigenvalue weighted by molar-refractivity contribution is 5.92. The lowest BCUT2D eigenvalue weighted by molar-refractivity contribution is -0.131. The molecule has 1 aliphatic heterocycles. The molecule has 2 aliphatic rings. The zero-order valence-electron chi connectivity index (χ0n) is 21.4. The summed E-state index contributed by atoms with van der Waals surface area (Å²) in [4.78, 5) is 27.3. The van der Waals surface area contributed by atoms with Crippen LogP contribution in [0, 0.1) is 0 Å². The summed E-state index contributed by atoms with van der Waals surface area (Å²) in [5.74, 6) is 3.85. The fraction of sp³-hybridized carbons (Fsp3) is 0.483. The fourth-order valence-corrected chi connectivity index (χ4v) is 5.46. The third-order valence-corrected chi connectivity index (χ3v) is 7.57. The molecule has 0 spiro atoms. The molecule has 0 atom stereocenters. The van der Waals surface area contributed by atoms with Crippen molar-refractivity contribution in [3.8, 4) is 11.5 Å². The van der Waals surface area contributed by atoms with E-state index in [1.807, 2.05) is 35.2 Å². The van der Waals surface area contributed by atoms with E-state index >= 15 is 0 Å². The molecule has 0 bridgehead atoms. The van der Waals surface area contributed by atoms with Crippen LogP contribution in [0.15, 0.2) is 42.5 Å². The summed E-state index contributed by atoms with van der Waals surface area (Å²) in [6, 6.07) is 14.2. The first-order chi connectivity index (χ1) is 17.7. The van der Waals surface area contributed by atoms with Crippen molar-refractivity contribution >= 4 is 22.6 Å². The van der Waals surface area contributed by atoms with Gasteiger partial charge in [0.25, 0.3) is 0 Å². The number of ether oxygens (including phenoxy) is 2. The second-order valence-electron chi connectivity index (χ2n) is 9.82. The summed E-state index contributed by atoms with van der Waals surface area (Å²) in [5, 5.41) is 0.969. The van der Waals surface area contributed by atoms with Crippen LogP contribution >= 0.6 is 0 Å². The molecule has 2 fully saturated rings. The van der Waals surface area contributed by atoms with E-state index in [-0.39, 0.29) is 5.91 Å². The first-order valence-electron chi connectivity index (χ1n) is 13.2. The van der Waals surface area contributed by atoms with E-state index in [2.05, 4.69) is 17.0 Å². The number of hydrogen-bond donors (Lipinski definition) is 0. The SMILES string of the molecule is COc1cc2nc(C3CCCCC3)nc(N3CCN(C(=O)CCc4ccccc4)CC3)c2cc1OC. The minimum atomic E-state index is 0.223. The maximum atomic E-state index is 12.9. The maximum Gasteiger partial charge on any atom is 0.223 e. The highest BCUT2D eigenvalue weighted by atomic mass is 16.5. The first kappa shape index (κ1) is 24.3. The van der Waals surface area contributed by atoms with Crippen LogP contribution in [0.5, 0.6) is 11.5 Å². The number of piperazine rings is 1. The third kappa shape index (κ3) is 5.25. The van der Waals surface area contributed by atoms with Gasteiger partial charge in [0.1, 0.15) is 11.6 Å². The van der Waals surface area contributed by atoms with E-state index in [0.717, 1.165) is 54.9 Å². The van der Waals surface area contributed by atoms with E-state index in [1.54, 1.807) is 14.2 Å². The second kappa shape index (κ2) is 11.1. The molecule has 36 heavy (non-hydrogen) atoms. The van der Waals surface area contributed by atoms with Gasteiger partial charge < -0.3 is 19.3 Å². The number of rotatable bonds is 7. The Morgan fingerprint density at radius 3 is 2.31 bits per heavy atom. The molecule has 0 radical (unpaired) electrons. The predicted octanol–water partition coefficient (Wildman–Crippen LogP) is 4.98. The van der Waals surface area contributed by atoms with Gasteiger partial charge in [-0.05, 0) is 30.9 Å². The Kier molecular flexibility index (Phi) is 7.54. The highest BCUT2D eigenvalue weighted by Crippen LogP contribution is 2.38. The summed E-state index contributed by atoms with van der Waals surface area (Å²) in [6.45, 7) is 2.90. The molecule has 2 heterocycles. The predicted molar refractivity (Wildman–Crippen MR) is 142 cm³/mol. The number of anilines is 1. The van der Waals surface area contributed by atoms with Crippen molar-refractivity contribution in [2.45, 2.75) is 50.9 Å². The molecule has 2 aromatic carbocycles. The molecule has 1 saturated carbocycles. The Bertz CT molecular complexity index is 1190. The number of amides is 1. The van der Waals surface area contributed by atoms with Gasteiger partial charge in [-0.2, -0.15) is 0 Å². The monoisotopic (exact) mass is 488 g/mol. The van der Waals surface area contributed by atoms with Gasteiger partial charge in [0, 0.05) is 50.0 Å². The summed E-state index contributed by atoms with van der Waals surface area (Å²) < 4.78 is 11.2. The Morgan fingerprint density at radius 2 is 1.61 bits per heavy atom. The van der Waals surface area contributed by atoms with Gasteiger partial charge in [-0.3, -0.25) is 4.79 Å². The molecule has 7 nitrogen and oxygen atoms in total. The lowest BCUT2D eigenvalue weighted by Crippen LogP contribution is -2.49. The summed E-state index contributed by atoms with van der Waals surface area (Å²) >= 11 is 0. The van der Waals surface area contributed by atoms with Gasteiger partial charge in [-0.1, -0.05) is 49.6 Å². The van der Waals surface area contributed by atoms with Crippen LogP contribution in [0.4, 0.5) is 5.82 Å². The normalized spacial score (nSPS) is 16.8. The van der Waals surface area contributed by atoms with Crippen molar-refractivity contribution in [3.05, 3.63) is 53.9 Å². The lowest BCUT2D eigenvalue weighted by atomic mass is 9.88. The van der Waals surface area contributed by atoms with Crippen molar-refractivity contribution in [2.24, 2.45) is 0 Å². The smallest absolute Gasteiger partial charge is 0.223 e. The molecule has 5 rings (SSSR count). The number of carbonyl (C=O) groups is 1. The molecule has 190 valence electrons. The van der Waals surface area contributed by atoms with Gasteiger partial charge in [-0.15, -0.1) is 0 Å². The Morgan fingerprint density at radius 1 is 0.917 bits per heavy atom. The Hall–Kier alpha value is -3.35. The fourth-order valence-electron chi connectivity index (χ4n) is 5.46. The number of aryl methyl sites for hydroxylation is 1. The summed E-state index contributed by atoms with van der Waals surface area (Å²) in [6.07, 6.45) is 7.37. The molecule has 7 heteroatoms. The van der Waals surface area contributed by atoms with E-state index in [9.17, 15) is 4.79 Å². The van der Waals surface area contributed by atoms with E-state index in [1.165, 1.54) is 24.8 Å². The lowest BCUT2D eigenvalue weighted by Gasteiger charge is -2.36. The Labute approximate surface area is 213 Å². The maximum absolute atomic E-state index is 12.9. The van der Waals surface area contributed by atoms with Crippen LogP contribution in [0.25, 0.3) is 10.9 Å². The molecular formula is C29H36N4O3. The number of benzene rings is 2. The van der Waals surface area contributed by atoms with Crippen molar-refractivity contribution in [3.63, 3.8) is 0 Å². The molecule has 3 aromatic rings. The number of aromatic nitrogens is 2. The number of fused-ring (bicyclic) bond motifs is 1. The van der Waals surface area contributed by atoms with Crippen LogP contribution in [-0.2, 0) is 11.2 Å². The van der Waals surface area contributed by atoms with Crippen LogP contribution < -0.4 is 14.4 Å². The molecule has 1 aromatic heterocycles. The van der Waals surface area contributed by atoms with Crippen LogP contribution in [0.2, 0.25) is 0 Å². The number of hydrogen-bond acceptors (Lipinski definition) is 6. The summed E-state index contributed by atoms with van der Waals surface area (Å²) in [5.41, 5.74) is 2.09. The standard InChI is InChI=1S/C29H36N4O3/c1-35-25-19-23-24(20-26(25)36-2)30-28(22-11-7-4-8-12-22)31-29(23)33-17-15-32(16-18-33)27(34)14-13-21-9-5-3-6-10-21/h3,5-6,9-10,19-20,22H,4,7-8,11-18H2,1-2H3. The quantitative estimate of drug-likeness (QED) is 0.468. The average molecular weight is 489 g/mol. The van der Waals surface area contributed by atoms with Gasteiger partial charge in [0.15, 0.2) is 11.5 Å². The van der Waals surface area contributed by atoms with Crippen LogP contribution in [0.3, 0.4) is 0 Å². The van der Waals surface area contributed by atoms with Crippen molar-refractivity contribution in [1.29, 1.82) is 0 Å². The van der Waals surface area contributed by atoms with Crippen LogP contribution in [0.1, 0.15) is 55.8 Å². The molecular weight excluding hydrogens is 452 g/mol. The second-order valence-corrected chi connectivity index (χ2v) is 9.82. The first-order valence-corrected chi connectivity index (χ1v) is 13.2. The summed E-state index contributed by atoms with van der Waals surface area (Å²) in [7, 11) is 3.31. The van der Waals surface area contributed by atoms with Crippen molar-refractivity contribution < 1.29 is 14.3 Å².